The molecular formula is C19H24N4. The fourth-order valence-electron chi connectivity index (χ4n) is 1.60. The normalized spacial score (nSPS) is 11.0. The Kier molecular flexibility index (Phi) is 9.48. The molecule has 0 saturated carbocycles. The van der Waals surface area contributed by atoms with E-state index in [0.717, 1.165) is 5.57 Å². The van der Waals surface area contributed by atoms with Gasteiger partial charge in [-0.25, -0.2) is 9.97 Å². The number of terminal acetylenes is 1. The lowest BCUT2D eigenvalue weighted by molar-refractivity contribution is 0.871. The van der Waals surface area contributed by atoms with E-state index in [1.807, 2.05) is 40.7 Å². The summed E-state index contributed by atoms with van der Waals surface area (Å²) in [6.07, 6.45) is 10.5. The zero-order chi connectivity index (χ0) is 17.8. The van der Waals surface area contributed by atoms with Gasteiger partial charge in [-0.2, -0.15) is 5.26 Å². The summed E-state index contributed by atoms with van der Waals surface area (Å²) in [6.45, 7) is 13.5. The first-order chi connectivity index (χ1) is 11.0. The first-order valence-corrected chi connectivity index (χ1v) is 7.57. The standard InChI is InChI=1S/C17H18N4.C2H6/c1-6-13(11-18)9-14(7-2)16-10-15(8-3)20-17(21-16)19-12(4)5;1-2/h3,6-7,9-10,12H,1H2,2,4-5H3,(H,19,20,21);1-2H3/b13-9+,14-7+;. The van der Waals surface area contributed by atoms with Gasteiger partial charge in [0.2, 0.25) is 5.95 Å². The van der Waals surface area contributed by atoms with Crippen LogP contribution in [0.5, 0.6) is 0 Å². The third kappa shape index (κ3) is 6.63. The SMILES string of the molecule is C#Cc1cc(C(/C=C(/C#N)C=C)=C/C)nc(NC(C)C)n1.CC. The van der Waals surface area contributed by atoms with Crippen LogP contribution in [0.15, 0.2) is 36.4 Å². The average molecular weight is 308 g/mol. The van der Waals surface area contributed by atoms with E-state index < -0.39 is 0 Å². The van der Waals surface area contributed by atoms with Gasteiger partial charge in [0.15, 0.2) is 0 Å². The van der Waals surface area contributed by atoms with E-state index in [1.165, 1.54) is 6.08 Å². The van der Waals surface area contributed by atoms with Crippen LogP contribution in [0.25, 0.3) is 5.57 Å². The summed E-state index contributed by atoms with van der Waals surface area (Å²) < 4.78 is 0. The Balaban J connectivity index is 0.00000232. The van der Waals surface area contributed by atoms with Gasteiger partial charge in [-0.05, 0) is 38.5 Å². The number of hydrogen-bond acceptors (Lipinski definition) is 4. The van der Waals surface area contributed by atoms with Crippen LogP contribution in [0.2, 0.25) is 0 Å². The second kappa shape index (κ2) is 10.8. The van der Waals surface area contributed by atoms with Gasteiger partial charge < -0.3 is 5.32 Å². The summed E-state index contributed by atoms with van der Waals surface area (Å²) in [5.41, 5.74) is 2.41. The van der Waals surface area contributed by atoms with Gasteiger partial charge in [0.1, 0.15) is 5.69 Å². The van der Waals surface area contributed by atoms with Crippen LogP contribution < -0.4 is 5.32 Å². The molecule has 1 aromatic heterocycles. The molecule has 0 atom stereocenters. The molecule has 0 aliphatic rings. The van der Waals surface area contributed by atoms with Gasteiger partial charge in [0.05, 0.1) is 17.3 Å². The Labute approximate surface area is 139 Å². The Morgan fingerprint density at radius 3 is 2.48 bits per heavy atom. The fourth-order valence-corrected chi connectivity index (χ4v) is 1.60. The highest BCUT2D eigenvalue weighted by Gasteiger charge is 2.07. The molecule has 0 amide bonds. The molecule has 4 nitrogen and oxygen atoms in total. The zero-order valence-electron chi connectivity index (χ0n) is 14.5. The van der Waals surface area contributed by atoms with Gasteiger partial charge in [0.25, 0.3) is 0 Å². The van der Waals surface area contributed by atoms with Crippen LogP contribution in [0.3, 0.4) is 0 Å². The topological polar surface area (TPSA) is 61.6 Å². The number of nitrogens with zero attached hydrogens (tertiary/aromatic N) is 3. The van der Waals surface area contributed by atoms with Crippen molar-refractivity contribution in [3.8, 4) is 18.4 Å². The summed E-state index contributed by atoms with van der Waals surface area (Å²) in [7, 11) is 0. The minimum absolute atomic E-state index is 0.193. The Morgan fingerprint density at radius 1 is 1.39 bits per heavy atom. The van der Waals surface area contributed by atoms with Gasteiger partial charge in [-0.3, -0.25) is 0 Å². The maximum atomic E-state index is 9.00. The molecule has 1 aromatic rings. The smallest absolute Gasteiger partial charge is 0.224 e. The van der Waals surface area contributed by atoms with E-state index in [-0.39, 0.29) is 6.04 Å². The summed E-state index contributed by atoms with van der Waals surface area (Å²) in [5.74, 6) is 2.99. The lowest BCUT2D eigenvalue weighted by Gasteiger charge is -2.10. The van der Waals surface area contributed by atoms with Crippen molar-refractivity contribution in [3.05, 3.63) is 47.8 Å². The maximum absolute atomic E-state index is 9.00. The van der Waals surface area contributed by atoms with Crippen molar-refractivity contribution in [2.45, 2.75) is 40.7 Å². The molecule has 120 valence electrons. The molecule has 0 aliphatic heterocycles. The van der Waals surface area contributed by atoms with Crippen molar-refractivity contribution >= 4 is 11.5 Å². The third-order valence-electron chi connectivity index (χ3n) is 2.56. The highest BCUT2D eigenvalue weighted by molar-refractivity contribution is 5.74. The molecular weight excluding hydrogens is 284 g/mol. The Morgan fingerprint density at radius 2 is 2.04 bits per heavy atom. The molecule has 1 heterocycles. The third-order valence-corrected chi connectivity index (χ3v) is 2.56. The van der Waals surface area contributed by atoms with Crippen LogP contribution >= 0.6 is 0 Å². The Bertz CT molecular complexity index is 668. The predicted octanol–water partition coefficient (Wildman–Crippen LogP) is 4.34. The molecule has 0 unspecified atom stereocenters. The van der Waals surface area contributed by atoms with Crippen molar-refractivity contribution in [1.29, 1.82) is 5.26 Å². The fraction of sp³-hybridized carbons (Fsp3) is 0.316. The van der Waals surface area contributed by atoms with E-state index >= 15 is 0 Å². The molecule has 0 aromatic carbocycles. The zero-order valence-corrected chi connectivity index (χ0v) is 14.5. The van der Waals surface area contributed by atoms with E-state index in [9.17, 15) is 0 Å². The second-order valence-electron chi connectivity index (χ2n) is 4.57. The number of hydrogen-bond donors (Lipinski definition) is 1. The summed E-state index contributed by atoms with van der Waals surface area (Å²) in [6, 6.07) is 3.98. The quantitative estimate of drug-likeness (QED) is 0.499. The monoisotopic (exact) mass is 308 g/mol. The lowest BCUT2D eigenvalue weighted by Crippen LogP contribution is -2.13. The minimum atomic E-state index is 0.193. The predicted molar refractivity (Wildman–Crippen MR) is 97.6 cm³/mol. The van der Waals surface area contributed by atoms with E-state index in [1.54, 1.807) is 12.1 Å². The van der Waals surface area contributed by atoms with Gasteiger partial charge in [-0.15, -0.1) is 6.42 Å². The number of rotatable bonds is 5. The van der Waals surface area contributed by atoms with Crippen molar-refractivity contribution in [3.63, 3.8) is 0 Å². The first kappa shape index (κ1) is 20.1. The van der Waals surface area contributed by atoms with Crippen molar-refractivity contribution < 1.29 is 0 Å². The van der Waals surface area contributed by atoms with Crippen molar-refractivity contribution in [2.24, 2.45) is 0 Å². The van der Waals surface area contributed by atoms with Gasteiger partial charge >= 0.3 is 0 Å². The highest BCUT2D eigenvalue weighted by atomic mass is 15.1. The van der Waals surface area contributed by atoms with E-state index in [0.29, 0.717) is 22.9 Å². The first-order valence-electron chi connectivity index (χ1n) is 7.57. The molecule has 0 bridgehead atoms. The summed E-state index contributed by atoms with van der Waals surface area (Å²) >= 11 is 0. The van der Waals surface area contributed by atoms with Crippen LogP contribution in [0.1, 0.15) is 46.0 Å². The molecule has 0 saturated heterocycles. The molecule has 1 rings (SSSR count). The molecule has 0 fully saturated rings. The minimum Gasteiger partial charge on any atom is -0.352 e. The van der Waals surface area contributed by atoms with Crippen LogP contribution in [0, 0.1) is 23.7 Å². The second-order valence-corrected chi connectivity index (χ2v) is 4.57. The average Bonchev–Trinajstić information content (AvgIpc) is 2.57. The Hall–Kier alpha value is -2.85. The van der Waals surface area contributed by atoms with Crippen molar-refractivity contribution in [2.75, 3.05) is 5.32 Å². The van der Waals surface area contributed by atoms with Gasteiger partial charge in [0, 0.05) is 6.04 Å². The van der Waals surface area contributed by atoms with Crippen molar-refractivity contribution in [1.82, 2.24) is 9.97 Å². The number of allylic oxidation sites excluding steroid dienone is 5. The summed E-state index contributed by atoms with van der Waals surface area (Å²) in [5, 5.41) is 12.1. The highest BCUT2D eigenvalue weighted by Crippen LogP contribution is 2.18. The molecule has 0 aliphatic carbocycles. The van der Waals surface area contributed by atoms with Gasteiger partial charge in [-0.1, -0.05) is 38.5 Å². The molecule has 0 spiro atoms. The molecule has 4 heteroatoms. The van der Waals surface area contributed by atoms with E-state index in [2.05, 4.69) is 33.9 Å². The van der Waals surface area contributed by atoms with Crippen LogP contribution in [0.4, 0.5) is 5.95 Å². The maximum Gasteiger partial charge on any atom is 0.224 e. The van der Waals surface area contributed by atoms with E-state index in [4.69, 9.17) is 11.7 Å². The molecule has 0 radical (unpaired) electrons. The lowest BCUT2D eigenvalue weighted by atomic mass is 10.1. The largest absolute Gasteiger partial charge is 0.352 e. The number of anilines is 1. The molecule has 23 heavy (non-hydrogen) atoms. The molecule has 1 N–H and O–H groups in total. The summed E-state index contributed by atoms with van der Waals surface area (Å²) in [4.78, 5) is 8.68. The van der Waals surface area contributed by atoms with Crippen LogP contribution in [-0.2, 0) is 0 Å². The number of nitriles is 1. The van der Waals surface area contributed by atoms with Crippen LogP contribution in [-0.4, -0.2) is 16.0 Å². The number of aromatic nitrogens is 2. The number of nitrogens with one attached hydrogen (secondary N) is 1.